The smallest absolute Gasteiger partial charge is 0.304 e. The van der Waals surface area contributed by atoms with Crippen LogP contribution in [0.25, 0.3) is 0 Å². The van der Waals surface area contributed by atoms with Crippen LogP contribution in [0, 0.1) is 26.2 Å². The number of hydrogen-bond acceptors (Lipinski definition) is 2. The molecule has 0 fully saturated rings. The zero-order chi connectivity index (χ0) is 13.9. The largest absolute Gasteiger partial charge is 0.492 e. The van der Waals surface area contributed by atoms with Crippen LogP contribution in [0.5, 0.6) is 5.75 Å². The van der Waals surface area contributed by atoms with Crippen LogP contribution in [-0.2, 0) is 4.79 Å². The van der Waals surface area contributed by atoms with Crippen molar-refractivity contribution in [3.05, 3.63) is 28.8 Å². The third-order valence-electron chi connectivity index (χ3n) is 2.84. The van der Waals surface area contributed by atoms with E-state index in [1.54, 1.807) is 0 Å². The quantitative estimate of drug-likeness (QED) is 0.870. The second-order valence-corrected chi connectivity index (χ2v) is 5.75. The first kappa shape index (κ1) is 14.6. The Morgan fingerprint density at radius 2 is 1.72 bits per heavy atom. The molecule has 0 saturated heterocycles. The minimum absolute atomic E-state index is 0.108. The molecule has 0 spiro atoms. The van der Waals surface area contributed by atoms with Crippen molar-refractivity contribution in [2.45, 2.75) is 41.0 Å². The van der Waals surface area contributed by atoms with Gasteiger partial charge in [-0.05, 0) is 31.9 Å². The van der Waals surface area contributed by atoms with Crippen molar-refractivity contribution < 1.29 is 14.6 Å². The summed E-state index contributed by atoms with van der Waals surface area (Å²) in [5.41, 5.74) is 3.04. The first-order chi connectivity index (χ1) is 8.21. The number of ether oxygens (including phenoxy) is 1. The number of hydrogen-bond donors (Lipinski definition) is 1. The van der Waals surface area contributed by atoms with Crippen LogP contribution >= 0.6 is 0 Å². The summed E-state index contributed by atoms with van der Waals surface area (Å²) in [6.07, 6.45) is 0.108. The highest BCUT2D eigenvalue weighted by atomic mass is 16.5. The minimum atomic E-state index is -0.791. The maximum atomic E-state index is 10.7. The zero-order valence-electron chi connectivity index (χ0n) is 11.8. The molecule has 0 bridgehead atoms. The van der Waals surface area contributed by atoms with Gasteiger partial charge in [-0.1, -0.05) is 31.5 Å². The van der Waals surface area contributed by atoms with Crippen LogP contribution in [0.3, 0.4) is 0 Å². The highest BCUT2D eigenvalue weighted by Crippen LogP contribution is 2.28. The van der Waals surface area contributed by atoms with E-state index in [9.17, 15) is 4.79 Å². The van der Waals surface area contributed by atoms with E-state index in [1.807, 2.05) is 27.7 Å². The van der Waals surface area contributed by atoms with Gasteiger partial charge in [0.2, 0.25) is 0 Å². The highest BCUT2D eigenvalue weighted by Gasteiger charge is 2.23. The molecular weight excluding hydrogens is 228 g/mol. The predicted molar refractivity (Wildman–Crippen MR) is 72.2 cm³/mol. The number of carbonyl (C=O) groups is 1. The van der Waals surface area contributed by atoms with Gasteiger partial charge >= 0.3 is 5.97 Å². The van der Waals surface area contributed by atoms with E-state index < -0.39 is 5.97 Å². The summed E-state index contributed by atoms with van der Waals surface area (Å²) in [5.74, 6) is 0.0833. The summed E-state index contributed by atoms with van der Waals surface area (Å²) >= 11 is 0. The molecule has 1 aromatic carbocycles. The molecule has 0 radical (unpaired) electrons. The molecule has 0 unspecified atom stereocenters. The van der Waals surface area contributed by atoms with Gasteiger partial charge in [-0.15, -0.1) is 0 Å². The number of carboxylic acids is 1. The van der Waals surface area contributed by atoms with Crippen molar-refractivity contribution in [1.29, 1.82) is 0 Å². The van der Waals surface area contributed by atoms with E-state index in [4.69, 9.17) is 9.84 Å². The number of carboxylic acid groups (broad SMARTS) is 1. The fraction of sp³-hybridized carbons (Fsp3) is 0.533. The molecule has 0 saturated carbocycles. The number of rotatable bonds is 5. The third-order valence-corrected chi connectivity index (χ3v) is 2.84. The van der Waals surface area contributed by atoms with E-state index in [2.05, 4.69) is 19.1 Å². The second-order valence-electron chi connectivity index (χ2n) is 5.75. The molecule has 0 atom stereocenters. The normalized spacial score (nSPS) is 11.4. The lowest BCUT2D eigenvalue weighted by atomic mass is 9.90. The molecule has 0 heterocycles. The fourth-order valence-electron chi connectivity index (χ4n) is 2.12. The van der Waals surface area contributed by atoms with Gasteiger partial charge in [0.25, 0.3) is 0 Å². The molecule has 18 heavy (non-hydrogen) atoms. The summed E-state index contributed by atoms with van der Waals surface area (Å²) in [7, 11) is 0. The molecule has 0 aromatic heterocycles. The molecule has 0 aliphatic heterocycles. The van der Waals surface area contributed by atoms with Crippen LogP contribution in [0.2, 0.25) is 0 Å². The summed E-state index contributed by atoms with van der Waals surface area (Å²) < 4.78 is 5.82. The van der Waals surface area contributed by atoms with Crippen molar-refractivity contribution in [1.82, 2.24) is 0 Å². The van der Waals surface area contributed by atoms with Gasteiger partial charge in [0, 0.05) is 5.41 Å². The number of benzene rings is 1. The number of aliphatic carboxylic acids is 1. The van der Waals surface area contributed by atoms with Crippen molar-refractivity contribution in [2.24, 2.45) is 5.41 Å². The molecule has 0 amide bonds. The zero-order valence-corrected chi connectivity index (χ0v) is 11.8. The van der Waals surface area contributed by atoms with Crippen LogP contribution in [0.4, 0.5) is 0 Å². The monoisotopic (exact) mass is 250 g/mol. The molecule has 100 valence electrons. The van der Waals surface area contributed by atoms with Gasteiger partial charge in [0.1, 0.15) is 5.75 Å². The first-order valence-corrected chi connectivity index (χ1v) is 6.14. The molecule has 1 rings (SSSR count). The summed E-state index contributed by atoms with van der Waals surface area (Å²) in [6.45, 7) is 10.3. The Balaban J connectivity index is 2.78. The van der Waals surface area contributed by atoms with Crippen LogP contribution < -0.4 is 4.74 Å². The Bertz CT molecular complexity index is 424. The lowest BCUT2D eigenvalue weighted by molar-refractivity contribution is -0.139. The topological polar surface area (TPSA) is 46.5 Å². The Hall–Kier alpha value is -1.51. The lowest BCUT2D eigenvalue weighted by Crippen LogP contribution is -2.25. The second kappa shape index (κ2) is 5.42. The summed E-state index contributed by atoms with van der Waals surface area (Å²) in [6, 6.07) is 4.15. The van der Waals surface area contributed by atoms with Gasteiger partial charge in [-0.3, -0.25) is 4.79 Å². The third kappa shape index (κ3) is 4.06. The molecule has 3 heteroatoms. The molecule has 1 N–H and O–H groups in total. The highest BCUT2D eigenvalue weighted by molar-refractivity contribution is 5.67. The summed E-state index contributed by atoms with van der Waals surface area (Å²) in [5, 5.41) is 8.84. The molecule has 0 aliphatic rings. The molecule has 3 nitrogen and oxygen atoms in total. The van der Waals surface area contributed by atoms with E-state index in [0.29, 0.717) is 6.61 Å². The Labute approximate surface area is 109 Å². The van der Waals surface area contributed by atoms with Gasteiger partial charge in [0.05, 0.1) is 13.0 Å². The maximum Gasteiger partial charge on any atom is 0.304 e. The predicted octanol–water partition coefficient (Wildman–Crippen LogP) is 3.49. The van der Waals surface area contributed by atoms with Crippen LogP contribution in [0.1, 0.15) is 37.0 Å². The standard InChI is InChI=1S/C15H22O3/c1-10-6-11(2)14(12(3)7-10)18-9-15(4,5)8-13(16)17/h6-7H,8-9H2,1-5H3,(H,16,17). The van der Waals surface area contributed by atoms with E-state index in [1.165, 1.54) is 5.56 Å². The van der Waals surface area contributed by atoms with Gasteiger partial charge in [-0.2, -0.15) is 0 Å². The Morgan fingerprint density at radius 3 is 2.17 bits per heavy atom. The van der Waals surface area contributed by atoms with Gasteiger partial charge < -0.3 is 9.84 Å². The van der Waals surface area contributed by atoms with Crippen LogP contribution in [-0.4, -0.2) is 17.7 Å². The lowest BCUT2D eigenvalue weighted by Gasteiger charge is -2.24. The van der Waals surface area contributed by atoms with Crippen molar-refractivity contribution in [3.63, 3.8) is 0 Å². The fourth-order valence-corrected chi connectivity index (χ4v) is 2.12. The average molecular weight is 250 g/mol. The van der Waals surface area contributed by atoms with E-state index >= 15 is 0 Å². The first-order valence-electron chi connectivity index (χ1n) is 6.14. The van der Waals surface area contributed by atoms with Crippen LogP contribution in [0.15, 0.2) is 12.1 Å². The van der Waals surface area contributed by atoms with Crippen molar-refractivity contribution in [3.8, 4) is 5.75 Å². The van der Waals surface area contributed by atoms with Crippen molar-refractivity contribution >= 4 is 5.97 Å². The van der Waals surface area contributed by atoms with E-state index in [0.717, 1.165) is 16.9 Å². The minimum Gasteiger partial charge on any atom is -0.492 e. The Kier molecular flexibility index (Phi) is 4.38. The maximum absolute atomic E-state index is 10.7. The molecule has 0 aliphatic carbocycles. The average Bonchev–Trinajstić information content (AvgIpc) is 2.12. The van der Waals surface area contributed by atoms with Crippen molar-refractivity contribution in [2.75, 3.05) is 6.61 Å². The number of aryl methyl sites for hydroxylation is 3. The van der Waals surface area contributed by atoms with Gasteiger partial charge in [-0.25, -0.2) is 0 Å². The molecule has 1 aromatic rings. The Morgan fingerprint density at radius 1 is 1.22 bits per heavy atom. The van der Waals surface area contributed by atoms with E-state index in [-0.39, 0.29) is 11.8 Å². The SMILES string of the molecule is Cc1cc(C)c(OCC(C)(C)CC(=O)O)c(C)c1. The summed E-state index contributed by atoms with van der Waals surface area (Å²) in [4.78, 5) is 10.7. The molecular formula is C15H22O3. The van der Waals surface area contributed by atoms with Gasteiger partial charge in [0.15, 0.2) is 0 Å².